The minimum atomic E-state index is 0.569. The van der Waals surface area contributed by atoms with Gasteiger partial charge in [-0.1, -0.05) is 45.9 Å². The molecule has 112 valence electrons. The van der Waals surface area contributed by atoms with Gasteiger partial charge in [-0.05, 0) is 54.8 Å². The largest absolute Gasteiger partial charge is 0.411 e. The molecule has 1 aromatic heterocycles. The molecule has 0 spiro atoms. The third-order valence-electron chi connectivity index (χ3n) is 3.41. The zero-order valence-corrected chi connectivity index (χ0v) is 14.7. The van der Waals surface area contributed by atoms with E-state index < -0.39 is 0 Å². The average Bonchev–Trinajstić information content (AvgIpc) is 2.97. The molecule has 0 aliphatic carbocycles. The quantitative estimate of drug-likeness (QED) is 0.572. The van der Waals surface area contributed by atoms with E-state index in [1.54, 1.807) is 11.8 Å². The standard InChI is InChI=1S/C17H15BrN2OS/c1-11-6-7-14(8-12(11)2)16-19-20-17(21-16)22-10-13-4-3-5-15(18)9-13/h3-9H,10H2,1-2H3. The van der Waals surface area contributed by atoms with E-state index in [9.17, 15) is 0 Å². The summed E-state index contributed by atoms with van der Waals surface area (Å²) in [6.07, 6.45) is 0. The SMILES string of the molecule is Cc1ccc(-c2nnc(SCc3cccc(Br)c3)o2)cc1C. The summed E-state index contributed by atoms with van der Waals surface area (Å²) in [5, 5.41) is 8.85. The van der Waals surface area contributed by atoms with Crippen molar-refractivity contribution in [3.8, 4) is 11.5 Å². The molecule has 0 aliphatic heterocycles. The van der Waals surface area contributed by atoms with Crippen LogP contribution in [-0.4, -0.2) is 10.2 Å². The summed E-state index contributed by atoms with van der Waals surface area (Å²) < 4.78 is 6.82. The fraction of sp³-hybridized carbons (Fsp3) is 0.176. The van der Waals surface area contributed by atoms with Gasteiger partial charge >= 0.3 is 0 Å². The normalized spacial score (nSPS) is 10.9. The molecule has 0 amide bonds. The van der Waals surface area contributed by atoms with Crippen molar-refractivity contribution in [2.75, 3.05) is 0 Å². The summed E-state index contributed by atoms with van der Waals surface area (Å²) in [6, 6.07) is 14.4. The van der Waals surface area contributed by atoms with E-state index >= 15 is 0 Å². The zero-order chi connectivity index (χ0) is 15.5. The minimum absolute atomic E-state index is 0.569. The summed E-state index contributed by atoms with van der Waals surface area (Å²) in [6.45, 7) is 4.17. The minimum Gasteiger partial charge on any atom is -0.411 e. The van der Waals surface area contributed by atoms with Crippen molar-refractivity contribution in [1.82, 2.24) is 10.2 Å². The van der Waals surface area contributed by atoms with Crippen molar-refractivity contribution < 1.29 is 4.42 Å². The molecule has 0 saturated heterocycles. The second-order valence-electron chi connectivity index (χ2n) is 5.09. The smallest absolute Gasteiger partial charge is 0.277 e. The summed E-state index contributed by atoms with van der Waals surface area (Å²) in [7, 11) is 0. The van der Waals surface area contributed by atoms with E-state index in [1.165, 1.54) is 16.7 Å². The van der Waals surface area contributed by atoms with Crippen LogP contribution in [0, 0.1) is 13.8 Å². The van der Waals surface area contributed by atoms with Crippen LogP contribution in [0.4, 0.5) is 0 Å². The molecule has 0 atom stereocenters. The monoisotopic (exact) mass is 374 g/mol. The van der Waals surface area contributed by atoms with Gasteiger partial charge in [-0.2, -0.15) is 0 Å². The predicted octanol–water partition coefficient (Wildman–Crippen LogP) is 5.41. The molecule has 3 rings (SSSR count). The van der Waals surface area contributed by atoms with Crippen molar-refractivity contribution >= 4 is 27.7 Å². The number of hydrogen-bond acceptors (Lipinski definition) is 4. The van der Waals surface area contributed by atoms with Gasteiger partial charge in [-0.25, -0.2) is 0 Å². The Balaban J connectivity index is 1.72. The molecule has 0 fully saturated rings. The van der Waals surface area contributed by atoms with E-state index in [0.29, 0.717) is 11.1 Å². The summed E-state index contributed by atoms with van der Waals surface area (Å²) >= 11 is 5.02. The zero-order valence-electron chi connectivity index (χ0n) is 12.3. The van der Waals surface area contributed by atoms with E-state index in [4.69, 9.17) is 4.42 Å². The number of rotatable bonds is 4. The van der Waals surface area contributed by atoms with Gasteiger partial charge < -0.3 is 4.42 Å². The van der Waals surface area contributed by atoms with E-state index in [2.05, 4.69) is 64.2 Å². The highest BCUT2D eigenvalue weighted by molar-refractivity contribution is 9.10. The van der Waals surface area contributed by atoms with Crippen LogP contribution in [0.2, 0.25) is 0 Å². The van der Waals surface area contributed by atoms with Crippen LogP contribution in [0.25, 0.3) is 11.5 Å². The molecular weight excluding hydrogens is 360 g/mol. The number of thioether (sulfide) groups is 1. The molecule has 3 nitrogen and oxygen atoms in total. The van der Waals surface area contributed by atoms with Crippen molar-refractivity contribution in [2.45, 2.75) is 24.8 Å². The highest BCUT2D eigenvalue weighted by Gasteiger charge is 2.10. The molecule has 3 aromatic rings. The van der Waals surface area contributed by atoms with Crippen molar-refractivity contribution in [3.05, 3.63) is 63.6 Å². The molecule has 0 aliphatic rings. The lowest BCUT2D eigenvalue weighted by molar-refractivity contribution is 0.466. The number of halogens is 1. The van der Waals surface area contributed by atoms with Crippen LogP contribution in [-0.2, 0) is 5.75 Å². The highest BCUT2D eigenvalue weighted by atomic mass is 79.9. The van der Waals surface area contributed by atoms with Crippen LogP contribution in [0.5, 0.6) is 0 Å². The lowest BCUT2D eigenvalue weighted by atomic mass is 10.1. The van der Waals surface area contributed by atoms with Crippen molar-refractivity contribution in [2.24, 2.45) is 0 Å². The Kier molecular flexibility index (Phi) is 4.64. The summed E-state index contributed by atoms with van der Waals surface area (Å²) in [5.41, 5.74) is 4.65. The lowest BCUT2D eigenvalue weighted by Crippen LogP contribution is -1.83. The fourth-order valence-electron chi connectivity index (χ4n) is 2.03. The molecule has 2 aromatic carbocycles. The molecule has 0 N–H and O–H groups in total. The van der Waals surface area contributed by atoms with Crippen LogP contribution in [0.15, 0.2) is 56.6 Å². The summed E-state index contributed by atoms with van der Waals surface area (Å²) in [4.78, 5) is 0. The molecule has 0 bridgehead atoms. The fourth-order valence-corrected chi connectivity index (χ4v) is 3.18. The van der Waals surface area contributed by atoms with Crippen LogP contribution in [0.3, 0.4) is 0 Å². The molecule has 0 saturated carbocycles. The molecule has 0 radical (unpaired) electrons. The Morgan fingerprint density at radius 1 is 1.05 bits per heavy atom. The Bertz CT molecular complexity index is 801. The van der Waals surface area contributed by atoms with Crippen LogP contribution >= 0.6 is 27.7 Å². The summed E-state index contributed by atoms with van der Waals surface area (Å²) in [5.74, 6) is 1.37. The maximum Gasteiger partial charge on any atom is 0.277 e. The number of aromatic nitrogens is 2. The van der Waals surface area contributed by atoms with Crippen LogP contribution in [0.1, 0.15) is 16.7 Å². The van der Waals surface area contributed by atoms with Crippen molar-refractivity contribution in [1.29, 1.82) is 0 Å². The first-order valence-electron chi connectivity index (χ1n) is 6.90. The number of hydrogen-bond donors (Lipinski definition) is 0. The molecule has 22 heavy (non-hydrogen) atoms. The van der Waals surface area contributed by atoms with Gasteiger partial charge in [-0.15, -0.1) is 10.2 Å². The third kappa shape index (κ3) is 3.59. The third-order valence-corrected chi connectivity index (χ3v) is 4.79. The van der Waals surface area contributed by atoms with E-state index in [-0.39, 0.29) is 0 Å². The van der Waals surface area contributed by atoms with Gasteiger partial charge in [0.2, 0.25) is 5.89 Å². The van der Waals surface area contributed by atoms with Gasteiger partial charge in [0.1, 0.15) is 0 Å². The lowest BCUT2D eigenvalue weighted by Gasteiger charge is -2.01. The Morgan fingerprint density at radius 3 is 2.68 bits per heavy atom. The Morgan fingerprint density at radius 2 is 1.91 bits per heavy atom. The molecule has 1 heterocycles. The van der Waals surface area contributed by atoms with Crippen LogP contribution < -0.4 is 0 Å². The first-order chi connectivity index (χ1) is 10.6. The van der Waals surface area contributed by atoms with Gasteiger partial charge in [0.25, 0.3) is 5.22 Å². The second-order valence-corrected chi connectivity index (χ2v) is 6.93. The maximum absolute atomic E-state index is 5.75. The first kappa shape index (κ1) is 15.3. The van der Waals surface area contributed by atoms with Crippen molar-refractivity contribution in [3.63, 3.8) is 0 Å². The topological polar surface area (TPSA) is 38.9 Å². The van der Waals surface area contributed by atoms with Gasteiger partial charge in [0.15, 0.2) is 0 Å². The molecular formula is C17H15BrN2OS. The van der Waals surface area contributed by atoms with Gasteiger partial charge in [0, 0.05) is 15.8 Å². The molecule has 5 heteroatoms. The van der Waals surface area contributed by atoms with Gasteiger partial charge in [0.05, 0.1) is 0 Å². The average molecular weight is 375 g/mol. The number of nitrogens with zero attached hydrogens (tertiary/aromatic N) is 2. The van der Waals surface area contributed by atoms with E-state index in [1.807, 2.05) is 18.2 Å². The van der Waals surface area contributed by atoms with E-state index in [0.717, 1.165) is 15.8 Å². The number of aryl methyl sites for hydroxylation is 2. The highest BCUT2D eigenvalue weighted by Crippen LogP contribution is 2.27. The maximum atomic E-state index is 5.75. The Labute approximate surface area is 142 Å². The predicted molar refractivity (Wildman–Crippen MR) is 92.9 cm³/mol. The molecule has 0 unspecified atom stereocenters. The first-order valence-corrected chi connectivity index (χ1v) is 8.68. The Hall–Kier alpha value is -1.59. The number of benzene rings is 2. The second kappa shape index (κ2) is 6.67. The van der Waals surface area contributed by atoms with Gasteiger partial charge in [-0.3, -0.25) is 0 Å².